The van der Waals surface area contributed by atoms with Gasteiger partial charge in [0.25, 0.3) is 0 Å². The highest BCUT2D eigenvalue weighted by Gasteiger charge is 2.28. The second-order valence-corrected chi connectivity index (χ2v) is 3.76. The monoisotopic (exact) mass is 157 g/mol. The first-order valence-electron chi connectivity index (χ1n) is 4.48. The summed E-state index contributed by atoms with van der Waals surface area (Å²) in [6, 6.07) is 0.622. The highest BCUT2D eigenvalue weighted by atomic mass is 16.5. The molecular formula is C9H19NO. The summed E-state index contributed by atoms with van der Waals surface area (Å²) in [6.07, 6.45) is 3.04. The molecule has 0 spiro atoms. The summed E-state index contributed by atoms with van der Waals surface area (Å²) in [4.78, 5) is 0. The lowest BCUT2D eigenvalue weighted by Gasteiger charge is -2.34. The van der Waals surface area contributed by atoms with Gasteiger partial charge in [-0.3, -0.25) is 0 Å². The fraction of sp³-hybridized carbons (Fsp3) is 1.00. The van der Waals surface area contributed by atoms with Crippen molar-refractivity contribution in [2.24, 2.45) is 5.92 Å². The molecule has 66 valence electrons. The molecule has 11 heavy (non-hydrogen) atoms. The van der Waals surface area contributed by atoms with E-state index < -0.39 is 0 Å². The Hall–Kier alpha value is -0.0800. The van der Waals surface area contributed by atoms with Crippen LogP contribution in [0.1, 0.15) is 26.7 Å². The molecule has 0 radical (unpaired) electrons. The van der Waals surface area contributed by atoms with Gasteiger partial charge in [0.05, 0.1) is 6.10 Å². The standard InChI is InChI=1S/C9H19NO/c1-7(2)10-6-8-4-9(5-8)11-3/h7-10H,4-6H2,1-3H3. The number of hydrogen-bond acceptors (Lipinski definition) is 2. The van der Waals surface area contributed by atoms with E-state index in [0.717, 1.165) is 12.5 Å². The first-order chi connectivity index (χ1) is 5.22. The lowest BCUT2D eigenvalue weighted by molar-refractivity contribution is 0.00111. The summed E-state index contributed by atoms with van der Waals surface area (Å²) in [5.41, 5.74) is 0. The fourth-order valence-electron chi connectivity index (χ4n) is 1.44. The van der Waals surface area contributed by atoms with Crippen molar-refractivity contribution >= 4 is 0 Å². The number of rotatable bonds is 4. The predicted octanol–water partition coefficient (Wildman–Crippen LogP) is 1.41. The van der Waals surface area contributed by atoms with Gasteiger partial charge >= 0.3 is 0 Å². The van der Waals surface area contributed by atoms with Crippen molar-refractivity contribution in [1.29, 1.82) is 0 Å². The maximum atomic E-state index is 5.20. The first-order valence-corrected chi connectivity index (χ1v) is 4.48. The van der Waals surface area contributed by atoms with E-state index in [1.165, 1.54) is 12.8 Å². The Kier molecular flexibility index (Phi) is 3.34. The average Bonchev–Trinajstić information content (AvgIpc) is 1.84. The number of hydrogen-bond donors (Lipinski definition) is 1. The summed E-state index contributed by atoms with van der Waals surface area (Å²) >= 11 is 0. The molecule has 1 saturated carbocycles. The summed E-state index contributed by atoms with van der Waals surface area (Å²) in [5.74, 6) is 0.863. The van der Waals surface area contributed by atoms with Crippen LogP contribution in [0.2, 0.25) is 0 Å². The van der Waals surface area contributed by atoms with Crippen LogP contribution in [0.15, 0.2) is 0 Å². The van der Waals surface area contributed by atoms with Crippen molar-refractivity contribution < 1.29 is 4.74 Å². The minimum Gasteiger partial charge on any atom is -0.381 e. The molecule has 0 heterocycles. The Morgan fingerprint density at radius 3 is 2.55 bits per heavy atom. The minimum absolute atomic E-state index is 0.550. The molecule has 1 fully saturated rings. The van der Waals surface area contributed by atoms with Gasteiger partial charge in [-0.05, 0) is 25.3 Å². The molecule has 0 atom stereocenters. The number of nitrogens with one attached hydrogen (secondary N) is 1. The van der Waals surface area contributed by atoms with E-state index in [2.05, 4.69) is 19.2 Å². The van der Waals surface area contributed by atoms with E-state index in [1.54, 1.807) is 7.11 Å². The Labute approximate surface area is 69.3 Å². The van der Waals surface area contributed by atoms with Crippen molar-refractivity contribution in [1.82, 2.24) is 5.32 Å². The molecule has 1 aliphatic rings. The van der Waals surface area contributed by atoms with Gasteiger partial charge in [0.2, 0.25) is 0 Å². The molecule has 0 saturated heterocycles. The van der Waals surface area contributed by atoms with Crippen LogP contribution in [0.4, 0.5) is 0 Å². The highest BCUT2D eigenvalue weighted by Crippen LogP contribution is 2.28. The summed E-state index contributed by atoms with van der Waals surface area (Å²) in [5, 5.41) is 3.44. The first kappa shape index (κ1) is 9.01. The quantitative estimate of drug-likeness (QED) is 0.666. The minimum atomic E-state index is 0.550. The van der Waals surface area contributed by atoms with Gasteiger partial charge < -0.3 is 10.1 Å². The molecule has 0 bridgehead atoms. The molecule has 0 aromatic carbocycles. The van der Waals surface area contributed by atoms with Crippen LogP contribution in [-0.4, -0.2) is 25.8 Å². The van der Waals surface area contributed by atoms with Crippen molar-refractivity contribution in [2.75, 3.05) is 13.7 Å². The molecule has 0 unspecified atom stereocenters. The molecule has 0 aromatic heterocycles. The topological polar surface area (TPSA) is 21.3 Å². The lowest BCUT2D eigenvalue weighted by Crippen LogP contribution is -2.39. The molecule has 2 nitrogen and oxygen atoms in total. The van der Waals surface area contributed by atoms with Gasteiger partial charge in [-0.2, -0.15) is 0 Å². The van der Waals surface area contributed by atoms with Gasteiger partial charge in [0, 0.05) is 13.2 Å². The second-order valence-electron chi connectivity index (χ2n) is 3.76. The van der Waals surface area contributed by atoms with Crippen LogP contribution >= 0.6 is 0 Å². The third-order valence-corrected chi connectivity index (χ3v) is 2.34. The van der Waals surface area contributed by atoms with E-state index in [0.29, 0.717) is 12.1 Å². The largest absolute Gasteiger partial charge is 0.381 e. The zero-order valence-electron chi connectivity index (χ0n) is 7.76. The van der Waals surface area contributed by atoms with E-state index in [1.807, 2.05) is 0 Å². The number of methoxy groups -OCH3 is 1. The van der Waals surface area contributed by atoms with Crippen LogP contribution in [0.3, 0.4) is 0 Å². The zero-order chi connectivity index (χ0) is 8.27. The van der Waals surface area contributed by atoms with Gasteiger partial charge in [0.1, 0.15) is 0 Å². The van der Waals surface area contributed by atoms with E-state index in [-0.39, 0.29) is 0 Å². The fourth-order valence-corrected chi connectivity index (χ4v) is 1.44. The molecular weight excluding hydrogens is 138 g/mol. The Bertz CT molecular complexity index is 108. The Balaban J connectivity index is 1.96. The smallest absolute Gasteiger partial charge is 0.0577 e. The molecule has 1 rings (SSSR count). The van der Waals surface area contributed by atoms with E-state index >= 15 is 0 Å². The van der Waals surface area contributed by atoms with Gasteiger partial charge in [-0.15, -0.1) is 0 Å². The van der Waals surface area contributed by atoms with Gasteiger partial charge in [-0.25, -0.2) is 0 Å². The lowest BCUT2D eigenvalue weighted by atomic mass is 9.82. The summed E-state index contributed by atoms with van der Waals surface area (Å²) < 4.78 is 5.20. The molecule has 0 aromatic rings. The third-order valence-electron chi connectivity index (χ3n) is 2.34. The Morgan fingerprint density at radius 2 is 2.09 bits per heavy atom. The van der Waals surface area contributed by atoms with Crippen molar-refractivity contribution in [3.63, 3.8) is 0 Å². The van der Waals surface area contributed by atoms with Crippen LogP contribution in [0.5, 0.6) is 0 Å². The van der Waals surface area contributed by atoms with Crippen molar-refractivity contribution in [3.05, 3.63) is 0 Å². The van der Waals surface area contributed by atoms with E-state index in [4.69, 9.17) is 4.74 Å². The molecule has 2 heteroatoms. The maximum absolute atomic E-state index is 5.20. The molecule has 0 aliphatic heterocycles. The Morgan fingerprint density at radius 1 is 1.45 bits per heavy atom. The average molecular weight is 157 g/mol. The van der Waals surface area contributed by atoms with Crippen molar-refractivity contribution in [3.8, 4) is 0 Å². The SMILES string of the molecule is COC1CC(CNC(C)C)C1. The van der Waals surface area contributed by atoms with Gasteiger partial charge in [0.15, 0.2) is 0 Å². The second kappa shape index (κ2) is 4.07. The van der Waals surface area contributed by atoms with Gasteiger partial charge in [-0.1, -0.05) is 13.8 Å². The third kappa shape index (κ3) is 2.80. The summed E-state index contributed by atoms with van der Waals surface area (Å²) in [7, 11) is 1.80. The number of ether oxygens (including phenoxy) is 1. The van der Waals surface area contributed by atoms with E-state index in [9.17, 15) is 0 Å². The molecule has 0 amide bonds. The van der Waals surface area contributed by atoms with Crippen LogP contribution in [0.25, 0.3) is 0 Å². The highest BCUT2D eigenvalue weighted by molar-refractivity contribution is 4.81. The molecule has 1 N–H and O–H groups in total. The molecule has 1 aliphatic carbocycles. The van der Waals surface area contributed by atoms with Crippen LogP contribution in [-0.2, 0) is 4.74 Å². The van der Waals surface area contributed by atoms with Crippen LogP contribution in [0, 0.1) is 5.92 Å². The maximum Gasteiger partial charge on any atom is 0.0577 e. The normalized spacial score (nSPS) is 30.5. The summed E-state index contributed by atoms with van der Waals surface area (Å²) in [6.45, 7) is 5.54. The van der Waals surface area contributed by atoms with Crippen molar-refractivity contribution in [2.45, 2.75) is 38.8 Å². The van der Waals surface area contributed by atoms with Crippen LogP contribution < -0.4 is 5.32 Å². The zero-order valence-corrected chi connectivity index (χ0v) is 7.76. The predicted molar refractivity (Wildman–Crippen MR) is 46.7 cm³/mol.